The highest BCUT2D eigenvalue weighted by atomic mass is 32.1. The minimum atomic E-state index is -0.172. The summed E-state index contributed by atoms with van der Waals surface area (Å²) >= 11 is 1.72. The van der Waals surface area contributed by atoms with E-state index in [1.165, 1.54) is 11.1 Å². The van der Waals surface area contributed by atoms with Crippen molar-refractivity contribution < 1.29 is 9.18 Å². The van der Waals surface area contributed by atoms with Gasteiger partial charge in [0.15, 0.2) is 0 Å². The van der Waals surface area contributed by atoms with Crippen LogP contribution in [0.3, 0.4) is 0 Å². The molecule has 2 atom stereocenters. The molecular weight excluding hydrogens is 445 g/mol. The van der Waals surface area contributed by atoms with Crippen molar-refractivity contribution in [2.24, 2.45) is 5.92 Å². The second-order valence-corrected chi connectivity index (χ2v) is 10.6. The molecule has 0 saturated carbocycles. The van der Waals surface area contributed by atoms with E-state index < -0.39 is 0 Å². The van der Waals surface area contributed by atoms with Crippen molar-refractivity contribution in [3.8, 4) is 0 Å². The average molecular weight is 478 g/mol. The van der Waals surface area contributed by atoms with Gasteiger partial charge in [-0.3, -0.25) is 4.79 Å². The van der Waals surface area contributed by atoms with Gasteiger partial charge < -0.3 is 15.5 Å². The summed E-state index contributed by atoms with van der Waals surface area (Å²) < 4.78 is 13.3. The van der Waals surface area contributed by atoms with Crippen molar-refractivity contribution in [1.82, 2.24) is 9.80 Å². The van der Waals surface area contributed by atoms with Crippen LogP contribution in [0.2, 0.25) is 0 Å². The molecule has 0 aliphatic carbocycles. The Morgan fingerprint density at radius 1 is 1.06 bits per heavy atom. The van der Waals surface area contributed by atoms with Crippen molar-refractivity contribution in [2.45, 2.75) is 31.6 Å². The summed E-state index contributed by atoms with van der Waals surface area (Å²) in [5, 5.41) is 4.37. The predicted octanol–water partition coefficient (Wildman–Crippen LogP) is 5.51. The molecule has 3 aromatic rings. The van der Waals surface area contributed by atoms with Crippen molar-refractivity contribution in [3.05, 3.63) is 87.4 Å². The Hall–Kier alpha value is -2.70. The van der Waals surface area contributed by atoms with Crippen LogP contribution < -0.4 is 5.73 Å². The number of rotatable bonds is 5. The maximum atomic E-state index is 13.4. The Bertz CT molecular complexity index is 1120. The van der Waals surface area contributed by atoms with Gasteiger partial charge in [-0.05, 0) is 102 Å². The maximum absolute atomic E-state index is 13.4. The minimum Gasteiger partial charge on any atom is -0.398 e. The summed E-state index contributed by atoms with van der Waals surface area (Å²) in [4.78, 5) is 18.0. The van der Waals surface area contributed by atoms with Crippen LogP contribution in [0.4, 0.5) is 10.1 Å². The summed E-state index contributed by atoms with van der Waals surface area (Å²) in [6.07, 6.45) is 2.18. The van der Waals surface area contributed by atoms with Crippen molar-refractivity contribution >= 4 is 22.9 Å². The lowest BCUT2D eigenvalue weighted by atomic mass is 9.87. The van der Waals surface area contributed by atoms with Gasteiger partial charge in [-0.15, -0.1) is 0 Å². The number of likely N-dealkylation sites (tertiary alicyclic amines) is 2. The van der Waals surface area contributed by atoms with Crippen molar-refractivity contribution in [3.63, 3.8) is 0 Å². The van der Waals surface area contributed by atoms with Gasteiger partial charge in [0.25, 0.3) is 5.91 Å². The number of thiophene rings is 1. The molecule has 0 spiro atoms. The second kappa shape index (κ2) is 9.88. The number of carbonyl (C=O) groups excluding carboxylic acids is 1. The molecule has 5 rings (SSSR count). The molecule has 2 aromatic carbocycles. The molecule has 2 saturated heterocycles. The first-order valence-electron chi connectivity index (χ1n) is 12.1. The number of hydrogen-bond acceptors (Lipinski definition) is 4. The Labute approximate surface area is 205 Å². The first-order valence-corrected chi connectivity index (χ1v) is 13.1. The second-order valence-electron chi connectivity index (χ2n) is 9.78. The number of hydrogen-bond donors (Lipinski definition) is 1. The highest BCUT2D eigenvalue weighted by Gasteiger charge is 2.38. The molecule has 0 radical (unpaired) electrons. The van der Waals surface area contributed by atoms with Crippen molar-refractivity contribution in [2.75, 3.05) is 38.5 Å². The molecule has 2 aliphatic heterocycles. The zero-order valence-electron chi connectivity index (χ0n) is 19.6. The van der Waals surface area contributed by atoms with Crippen LogP contribution >= 0.6 is 11.3 Å². The number of carbonyl (C=O) groups is 1. The topological polar surface area (TPSA) is 49.6 Å². The molecule has 34 heavy (non-hydrogen) atoms. The van der Waals surface area contributed by atoms with Crippen LogP contribution in [0.1, 0.15) is 51.7 Å². The molecule has 1 aromatic heterocycles. The summed E-state index contributed by atoms with van der Waals surface area (Å²) in [6, 6.07) is 14.8. The Morgan fingerprint density at radius 2 is 1.82 bits per heavy atom. The Balaban J connectivity index is 1.27. The fourth-order valence-electron chi connectivity index (χ4n) is 5.66. The van der Waals surface area contributed by atoms with Crippen LogP contribution in [0, 0.1) is 18.7 Å². The van der Waals surface area contributed by atoms with Gasteiger partial charge in [0.2, 0.25) is 0 Å². The Kier molecular flexibility index (Phi) is 6.70. The van der Waals surface area contributed by atoms with Crippen molar-refractivity contribution in [1.29, 1.82) is 0 Å². The van der Waals surface area contributed by atoms with Crippen LogP contribution in [0.15, 0.2) is 59.3 Å². The maximum Gasteiger partial charge on any atom is 0.254 e. The standard InChI is InChI=1S/C28H32FN3OS/c1-19-25(3-2-4-27(19)30)28(33)32-16-23(26(17-32)22-11-14-34-18-22)15-31-12-9-21(10-13-31)20-5-7-24(29)8-6-20/h2-8,11,14,18,21,23,26H,9-10,12-13,15-17,30H2,1H3. The van der Waals surface area contributed by atoms with Crippen LogP contribution in [0.25, 0.3) is 0 Å². The third-order valence-corrected chi connectivity index (χ3v) is 8.43. The number of nitrogens with two attached hydrogens (primary N) is 1. The molecular formula is C28H32FN3OS. The number of halogens is 1. The molecule has 3 heterocycles. The molecule has 2 N–H and O–H groups in total. The largest absolute Gasteiger partial charge is 0.398 e. The van der Waals surface area contributed by atoms with Crippen LogP contribution in [-0.2, 0) is 0 Å². The van der Waals surface area contributed by atoms with E-state index in [1.807, 2.05) is 42.2 Å². The smallest absolute Gasteiger partial charge is 0.254 e. The molecule has 2 aliphatic rings. The number of nitrogens with zero attached hydrogens (tertiary/aromatic N) is 2. The van der Waals surface area contributed by atoms with Gasteiger partial charge in [-0.2, -0.15) is 11.3 Å². The molecule has 4 nitrogen and oxygen atoms in total. The van der Waals surface area contributed by atoms with Gasteiger partial charge >= 0.3 is 0 Å². The SMILES string of the molecule is Cc1c(N)cccc1C(=O)N1CC(CN2CCC(c3ccc(F)cc3)CC2)C(c2ccsc2)C1. The highest BCUT2D eigenvalue weighted by molar-refractivity contribution is 7.08. The van der Waals surface area contributed by atoms with Crippen LogP contribution in [-0.4, -0.2) is 48.4 Å². The molecule has 1 amide bonds. The fourth-order valence-corrected chi connectivity index (χ4v) is 6.38. The fraction of sp³-hybridized carbons (Fsp3) is 0.393. The van der Waals surface area contributed by atoms with Gasteiger partial charge in [0.1, 0.15) is 5.82 Å². The summed E-state index contributed by atoms with van der Waals surface area (Å²) in [6.45, 7) is 6.52. The van der Waals surface area contributed by atoms with Gasteiger partial charge in [-0.1, -0.05) is 18.2 Å². The third-order valence-electron chi connectivity index (χ3n) is 7.73. The highest BCUT2D eigenvalue weighted by Crippen LogP contribution is 2.37. The molecule has 6 heteroatoms. The summed E-state index contributed by atoms with van der Waals surface area (Å²) in [7, 11) is 0. The number of benzene rings is 2. The zero-order chi connectivity index (χ0) is 23.7. The lowest BCUT2D eigenvalue weighted by molar-refractivity contribution is 0.0780. The predicted molar refractivity (Wildman–Crippen MR) is 137 cm³/mol. The summed E-state index contributed by atoms with van der Waals surface area (Å²) in [5.41, 5.74) is 10.9. The quantitative estimate of drug-likeness (QED) is 0.493. The molecule has 2 fully saturated rings. The average Bonchev–Trinajstić information content (AvgIpc) is 3.52. The van der Waals surface area contributed by atoms with Gasteiger partial charge in [0.05, 0.1) is 0 Å². The molecule has 2 unspecified atom stereocenters. The number of amides is 1. The molecule has 178 valence electrons. The van der Waals surface area contributed by atoms with E-state index in [-0.39, 0.29) is 11.7 Å². The lowest BCUT2D eigenvalue weighted by Gasteiger charge is -2.34. The van der Waals surface area contributed by atoms with Crippen LogP contribution in [0.5, 0.6) is 0 Å². The van der Waals surface area contributed by atoms with Gasteiger partial charge in [-0.25, -0.2) is 4.39 Å². The van der Waals surface area contributed by atoms with E-state index in [2.05, 4.69) is 21.7 Å². The normalized spacial score (nSPS) is 21.8. The zero-order valence-corrected chi connectivity index (χ0v) is 20.4. The molecule has 0 bridgehead atoms. The minimum absolute atomic E-state index is 0.0857. The van der Waals surface area contributed by atoms with E-state index in [0.717, 1.165) is 51.1 Å². The van der Waals surface area contributed by atoms with E-state index in [9.17, 15) is 9.18 Å². The Morgan fingerprint density at radius 3 is 2.53 bits per heavy atom. The third kappa shape index (κ3) is 4.75. The van der Waals surface area contributed by atoms with E-state index >= 15 is 0 Å². The lowest BCUT2D eigenvalue weighted by Crippen LogP contribution is -2.38. The van der Waals surface area contributed by atoms with E-state index in [4.69, 9.17) is 5.73 Å². The number of anilines is 1. The first-order chi connectivity index (χ1) is 16.5. The van der Waals surface area contributed by atoms with E-state index in [1.54, 1.807) is 23.5 Å². The number of nitrogen functional groups attached to an aromatic ring is 1. The number of piperidine rings is 1. The first kappa shape index (κ1) is 23.1. The monoisotopic (exact) mass is 477 g/mol. The van der Waals surface area contributed by atoms with E-state index in [0.29, 0.717) is 29.0 Å². The van der Waals surface area contributed by atoms with Gasteiger partial charge in [0, 0.05) is 36.8 Å². The summed E-state index contributed by atoms with van der Waals surface area (Å²) in [5.74, 6) is 1.17.